The summed E-state index contributed by atoms with van der Waals surface area (Å²) < 4.78 is 0. The van der Waals surface area contributed by atoms with E-state index in [0.717, 1.165) is 12.8 Å². The highest BCUT2D eigenvalue weighted by molar-refractivity contribution is 4.82. The summed E-state index contributed by atoms with van der Waals surface area (Å²) >= 11 is 0. The second-order valence-electron chi connectivity index (χ2n) is 3.68. The van der Waals surface area contributed by atoms with E-state index in [1.165, 1.54) is 12.8 Å². The number of rotatable bonds is 2. The summed E-state index contributed by atoms with van der Waals surface area (Å²) in [6.07, 6.45) is 4.19. The van der Waals surface area contributed by atoms with Gasteiger partial charge >= 0.3 is 0 Å². The van der Waals surface area contributed by atoms with Gasteiger partial charge in [0, 0.05) is 12.1 Å². The maximum absolute atomic E-state index is 9.44. The van der Waals surface area contributed by atoms with Gasteiger partial charge in [0.15, 0.2) is 0 Å². The third-order valence-corrected chi connectivity index (χ3v) is 2.34. The zero-order valence-corrected chi connectivity index (χ0v) is 7.51. The highest BCUT2D eigenvalue weighted by atomic mass is 16.3. The van der Waals surface area contributed by atoms with Crippen molar-refractivity contribution < 1.29 is 5.11 Å². The van der Waals surface area contributed by atoms with Crippen molar-refractivity contribution in [2.45, 2.75) is 57.7 Å². The molecule has 1 saturated heterocycles. The Bertz CT molecular complexity index is 106. The standard InChI is InChI=1S/C9H19NO/c1-3-4-8-6-9(11)5-7(2)10-8/h7-11H,3-6H2,1-2H3. The van der Waals surface area contributed by atoms with Gasteiger partial charge in [0.25, 0.3) is 0 Å². The summed E-state index contributed by atoms with van der Waals surface area (Å²) in [6, 6.07) is 1.05. The van der Waals surface area contributed by atoms with Crippen LogP contribution in [0.3, 0.4) is 0 Å². The summed E-state index contributed by atoms with van der Waals surface area (Å²) in [6.45, 7) is 4.33. The van der Waals surface area contributed by atoms with E-state index in [1.54, 1.807) is 0 Å². The molecule has 1 rings (SSSR count). The Morgan fingerprint density at radius 3 is 2.73 bits per heavy atom. The monoisotopic (exact) mass is 157 g/mol. The fraction of sp³-hybridized carbons (Fsp3) is 1.00. The molecule has 3 unspecified atom stereocenters. The van der Waals surface area contributed by atoms with Gasteiger partial charge in [0.2, 0.25) is 0 Å². The maximum atomic E-state index is 9.44. The number of nitrogens with one attached hydrogen (secondary N) is 1. The van der Waals surface area contributed by atoms with Gasteiger partial charge in [-0.05, 0) is 26.2 Å². The summed E-state index contributed by atoms with van der Waals surface area (Å²) in [5, 5.41) is 12.9. The van der Waals surface area contributed by atoms with Crippen LogP contribution in [0.2, 0.25) is 0 Å². The van der Waals surface area contributed by atoms with E-state index in [1.807, 2.05) is 0 Å². The van der Waals surface area contributed by atoms with E-state index in [4.69, 9.17) is 0 Å². The molecule has 1 fully saturated rings. The molecule has 0 radical (unpaired) electrons. The summed E-state index contributed by atoms with van der Waals surface area (Å²) in [7, 11) is 0. The molecule has 0 aromatic rings. The molecule has 1 aliphatic heterocycles. The van der Waals surface area contributed by atoms with E-state index in [9.17, 15) is 5.11 Å². The lowest BCUT2D eigenvalue weighted by Crippen LogP contribution is -2.45. The van der Waals surface area contributed by atoms with Crippen molar-refractivity contribution in [3.63, 3.8) is 0 Å². The molecule has 0 aromatic heterocycles. The van der Waals surface area contributed by atoms with Crippen molar-refractivity contribution in [1.82, 2.24) is 5.32 Å². The predicted molar refractivity (Wildman–Crippen MR) is 46.5 cm³/mol. The molecule has 2 N–H and O–H groups in total. The number of aliphatic hydroxyl groups is 1. The molecular formula is C9H19NO. The first-order valence-electron chi connectivity index (χ1n) is 4.66. The number of aliphatic hydroxyl groups excluding tert-OH is 1. The van der Waals surface area contributed by atoms with Crippen molar-refractivity contribution in [1.29, 1.82) is 0 Å². The highest BCUT2D eigenvalue weighted by Crippen LogP contribution is 2.16. The Morgan fingerprint density at radius 1 is 1.45 bits per heavy atom. The molecule has 0 saturated carbocycles. The molecule has 0 bridgehead atoms. The van der Waals surface area contributed by atoms with Crippen LogP contribution < -0.4 is 5.32 Å². The zero-order chi connectivity index (χ0) is 8.27. The van der Waals surface area contributed by atoms with E-state index in [-0.39, 0.29) is 6.10 Å². The Morgan fingerprint density at radius 2 is 2.18 bits per heavy atom. The molecule has 2 nitrogen and oxygen atoms in total. The third-order valence-electron chi connectivity index (χ3n) is 2.34. The molecule has 11 heavy (non-hydrogen) atoms. The van der Waals surface area contributed by atoms with E-state index < -0.39 is 0 Å². The van der Waals surface area contributed by atoms with Crippen LogP contribution >= 0.6 is 0 Å². The van der Waals surface area contributed by atoms with Crippen LogP contribution in [0.1, 0.15) is 39.5 Å². The lowest BCUT2D eigenvalue weighted by atomic mass is 9.94. The molecule has 0 aromatic carbocycles. The van der Waals surface area contributed by atoms with Crippen LogP contribution in [0, 0.1) is 0 Å². The smallest absolute Gasteiger partial charge is 0.0569 e. The molecule has 66 valence electrons. The van der Waals surface area contributed by atoms with Crippen molar-refractivity contribution in [2.75, 3.05) is 0 Å². The maximum Gasteiger partial charge on any atom is 0.0569 e. The number of piperidine rings is 1. The van der Waals surface area contributed by atoms with E-state index in [0.29, 0.717) is 12.1 Å². The second kappa shape index (κ2) is 4.07. The number of hydrogen-bond acceptors (Lipinski definition) is 2. The van der Waals surface area contributed by atoms with Crippen LogP contribution in [0.5, 0.6) is 0 Å². The Balaban J connectivity index is 2.30. The van der Waals surface area contributed by atoms with Crippen molar-refractivity contribution >= 4 is 0 Å². The second-order valence-corrected chi connectivity index (χ2v) is 3.68. The average Bonchev–Trinajstić information content (AvgIpc) is 1.85. The molecule has 1 aliphatic rings. The van der Waals surface area contributed by atoms with Crippen LogP contribution in [0.4, 0.5) is 0 Å². The van der Waals surface area contributed by atoms with E-state index in [2.05, 4.69) is 19.2 Å². The fourth-order valence-corrected chi connectivity index (χ4v) is 1.92. The summed E-state index contributed by atoms with van der Waals surface area (Å²) in [5.74, 6) is 0. The topological polar surface area (TPSA) is 32.3 Å². The molecule has 3 atom stereocenters. The SMILES string of the molecule is CCCC1CC(O)CC(C)N1. The van der Waals surface area contributed by atoms with Crippen LogP contribution in [-0.4, -0.2) is 23.3 Å². The first kappa shape index (κ1) is 9.01. The fourth-order valence-electron chi connectivity index (χ4n) is 1.92. The summed E-state index contributed by atoms with van der Waals surface area (Å²) in [5.41, 5.74) is 0. The normalized spacial score (nSPS) is 39.0. The predicted octanol–water partition coefficient (Wildman–Crippen LogP) is 1.29. The zero-order valence-electron chi connectivity index (χ0n) is 7.51. The minimum Gasteiger partial charge on any atom is -0.393 e. The Kier molecular flexibility index (Phi) is 3.34. The summed E-state index contributed by atoms with van der Waals surface area (Å²) in [4.78, 5) is 0. The van der Waals surface area contributed by atoms with Crippen LogP contribution in [-0.2, 0) is 0 Å². The lowest BCUT2D eigenvalue weighted by molar-refractivity contribution is 0.0952. The Labute approximate surface area is 69.0 Å². The average molecular weight is 157 g/mol. The largest absolute Gasteiger partial charge is 0.393 e. The Hall–Kier alpha value is -0.0800. The van der Waals surface area contributed by atoms with E-state index >= 15 is 0 Å². The number of hydrogen-bond donors (Lipinski definition) is 2. The van der Waals surface area contributed by atoms with Crippen molar-refractivity contribution in [3.05, 3.63) is 0 Å². The first-order chi connectivity index (χ1) is 5.22. The minimum atomic E-state index is -0.0669. The first-order valence-corrected chi connectivity index (χ1v) is 4.66. The van der Waals surface area contributed by atoms with Crippen molar-refractivity contribution in [2.24, 2.45) is 0 Å². The van der Waals surface area contributed by atoms with Gasteiger partial charge in [-0.25, -0.2) is 0 Å². The third kappa shape index (κ3) is 2.80. The van der Waals surface area contributed by atoms with Gasteiger partial charge in [0.05, 0.1) is 6.10 Å². The van der Waals surface area contributed by atoms with Gasteiger partial charge in [-0.2, -0.15) is 0 Å². The highest BCUT2D eigenvalue weighted by Gasteiger charge is 2.22. The lowest BCUT2D eigenvalue weighted by Gasteiger charge is -2.32. The van der Waals surface area contributed by atoms with Crippen LogP contribution in [0.25, 0.3) is 0 Å². The molecule has 0 spiro atoms. The van der Waals surface area contributed by atoms with Crippen LogP contribution in [0.15, 0.2) is 0 Å². The molecule has 1 heterocycles. The molecule has 0 amide bonds. The van der Waals surface area contributed by atoms with Gasteiger partial charge in [-0.15, -0.1) is 0 Å². The quantitative estimate of drug-likeness (QED) is 0.633. The van der Waals surface area contributed by atoms with Gasteiger partial charge in [-0.1, -0.05) is 13.3 Å². The van der Waals surface area contributed by atoms with Gasteiger partial charge in [-0.3, -0.25) is 0 Å². The van der Waals surface area contributed by atoms with Gasteiger partial charge < -0.3 is 10.4 Å². The minimum absolute atomic E-state index is 0.0669. The van der Waals surface area contributed by atoms with Crippen molar-refractivity contribution in [3.8, 4) is 0 Å². The molecular weight excluding hydrogens is 138 g/mol. The van der Waals surface area contributed by atoms with Gasteiger partial charge in [0.1, 0.15) is 0 Å². The molecule has 2 heteroatoms. The molecule has 0 aliphatic carbocycles.